The van der Waals surface area contributed by atoms with Crippen molar-refractivity contribution in [3.05, 3.63) is 143 Å². The first-order valence-electron chi connectivity index (χ1n) is 42.9. The number of carbonyl (C=O) groups is 1. The van der Waals surface area contributed by atoms with Gasteiger partial charge in [-0.05, 0) is 181 Å². The normalized spacial score (nSPS) is 28.1. The van der Waals surface area contributed by atoms with Crippen LogP contribution in [0.15, 0.2) is 75.4 Å². The number of nitrogens with zero attached hydrogens (tertiary/aromatic N) is 5. The van der Waals surface area contributed by atoms with Gasteiger partial charge < -0.3 is 85.4 Å². The number of aliphatic hydroxyl groups is 10. The van der Waals surface area contributed by atoms with Crippen LogP contribution in [0.25, 0.3) is 0 Å². The lowest BCUT2D eigenvalue weighted by atomic mass is 9.93. The lowest BCUT2D eigenvalue weighted by Crippen LogP contribution is -2.47. The number of aromatic amines is 4. The molecule has 4 aromatic rings. The van der Waals surface area contributed by atoms with Gasteiger partial charge in [0, 0.05) is 49.0 Å². The Morgan fingerprint density at radius 3 is 1.01 bits per heavy atom. The maximum atomic E-state index is 12.2. The van der Waals surface area contributed by atoms with Crippen molar-refractivity contribution in [2.45, 2.75) is 234 Å². The molecule has 6 aliphatic rings. The first-order valence-corrected chi connectivity index (χ1v) is 58.1. The van der Waals surface area contributed by atoms with Crippen molar-refractivity contribution >= 4 is 78.2 Å². The molecule has 126 heavy (non-hydrogen) atoms. The maximum absolute atomic E-state index is 12.2. The summed E-state index contributed by atoms with van der Waals surface area (Å²) >= 11 is 0. The number of H-pyrrole nitrogens is 4. The second-order valence-electron chi connectivity index (χ2n) is 36.8. The zero-order valence-corrected chi connectivity index (χ0v) is 80.4. The molecule has 10 heterocycles. The third kappa shape index (κ3) is 32.4. The molecule has 0 aliphatic carbocycles. The average molecular weight is 1880 g/mol. The van der Waals surface area contributed by atoms with Gasteiger partial charge in [-0.3, -0.25) is 68.0 Å². The average Bonchev–Trinajstić information content (AvgIpc) is 1.68. The van der Waals surface area contributed by atoms with E-state index in [2.05, 4.69) is 151 Å². The predicted octanol–water partition coefficient (Wildman–Crippen LogP) is -0.840. The van der Waals surface area contributed by atoms with Crippen molar-refractivity contribution < 1.29 is 84.1 Å². The summed E-state index contributed by atoms with van der Waals surface area (Å²) in [6, 6.07) is -0.269. The molecule has 0 saturated carbocycles. The zero-order valence-electron chi connectivity index (χ0n) is 76.0. The van der Waals surface area contributed by atoms with Crippen LogP contribution in [-0.2, 0) is 50.1 Å². The Morgan fingerprint density at radius 2 is 0.683 bits per heavy atom. The van der Waals surface area contributed by atoms with Crippen molar-refractivity contribution in [3.63, 3.8) is 0 Å². The molecule has 38 nitrogen and oxygen atoms in total. The highest BCUT2D eigenvalue weighted by atomic mass is 31.2. The second kappa shape index (κ2) is 48.7. The minimum atomic E-state index is -1.29. The molecule has 0 radical (unpaired) electrons. The molecule has 2 amide bonds. The zero-order chi connectivity index (χ0) is 94.6. The number of carbonyl (C=O) groups excluding carboxylic acids is 1. The molecule has 1 unspecified atom stereocenters. The molecule has 716 valence electrons. The summed E-state index contributed by atoms with van der Waals surface area (Å²) in [5, 5.41) is 118. The Kier molecular flexibility index (Phi) is 42.1. The Hall–Kier alpha value is -5.66. The van der Waals surface area contributed by atoms with Crippen molar-refractivity contribution in [1.82, 2.24) is 64.8 Å². The fourth-order valence-corrected chi connectivity index (χ4v) is 19.3. The van der Waals surface area contributed by atoms with E-state index in [0.29, 0.717) is 62.0 Å². The van der Waals surface area contributed by atoms with Crippen LogP contribution >= 0.6 is 34.4 Å². The number of nitrogens with one attached hydrogen (secondary N) is 9. The Morgan fingerprint density at radius 1 is 0.389 bits per heavy atom. The highest BCUT2D eigenvalue weighted by Gasteiger charge is 2.51. The maximum Gasteiger partial charge on any atom is 0.495 e. The van der Waals surface area contributed by atoms with Crippen LogP contribution in [0.1, 0.15) is 132 Å². The first kappa shape index (κ1) is 109. The van der Waals surface area contributed by atoms with Crippen LogP contribution in [0.2, 0.25) is 0 Å². The molecule has 5 fully saturated rings. The van der Waals surface area contributed by atoms with E-state index >= 15 is 0 Å². The summed E-state index contributed by atoms with van der Waals surface area (Å²) in [5.74, 6) is -0.361. The summed E-state index contributed by atoms with van der Waals surface area (Å²) in [5.41, 5.74) is -3.06. The Bertz CT molecular complexity index is 4530. The smallest absolute Gasteiger partial charge is 0.388 e. The molecule has 4 aromatic heterocycles. The minimum absolute atomic E-state index is 0.139. The number of ether oxygens (including phenoxy) is 5. The van der Waals surface area contributed by atoms with Crippen LogP contribution in [0.3, 0.4) is 0 Å². The van der Waals surface area contributed by atoms with Crippen LogP contribution in [-0.4, -0.2) is 366 Å². The molecule has 43 heteroatoms. The van der Waals surface area contributed by atoms with Crippen LogP contribution < -0.4 is 71.6 Å². The summed E-state index contributed by atoms with van der Waals surface area (Å²) < 4.78 is 35.4. The van der Waals surface area contributed by atoms with Gasteiger partial charge in [-0.25, -0.2) is 29.1 Å². The number of aromatic nitrogens is 8. The number of urea groups is 1. The summed E-state index contributed by atoms with van der Waals surface area (Å²) in [6.07, 6.45) is 20.1. The highest BCUT2D eigenvalue weighted by molar-refractivity contribution is 7.73. The number of aliphatic hydroxyl groups excluding tert-OH is 10. The molecule has 21 atom stereocenters. The Labute approximate surface area is 736 Å². The van der Waals surface area contributed by atoms with Gasteiger partial charge in [-0.1, -0.05) is 34.3 Å². The van der Waals surface area contributed by atoms with Gasteiger partial charge in [0.2, 0.25) is 0 Å². The number of rotatable bonds is 36. The molecule has 0 aromatic carbocycles. The van der Waals surface area contributed by atoms with Gasteiger partial charge in [0.25, 0.3) is 22.2 Å². The van der Waals surface area contributed by atoms with E-state index in [1.165, 1.54) is 38.5 Å². The number of hydrogen-bond acceptors (Lipinski definition) is 28. The first-order chi connectivity index (χ1) is 58.6. The third-order valence-corrected chi connectivity index (χ3v) is 29.2. The number of amides is 2. The van der Waals surface area contributed by atoms with Gasteiger partial charge in [-0.2, -0.15) is 4.79 Å². The molecular weight excluding hydrogens is 1730 g/mol. The van der Waals surface area contributed by atoms with E-state index in [0.717, 1.165) is 91.8 Å². The molecule has 6 aliphatic heterocycles. The standard InChI is InChI=1S/4C17H30N3O5P.C15H25N2O4P/c2*1-5-7-18-10-20-9-11(16(23)19-17(20)24)15-14(22)13(21)12(25-15)6-8-26(2,3)4;2*1-5-7-18-9-11-10-20(17(24)19-15(11)23)16-14(22)13(21)12(25-16)6-8-26(2,3)4;1-9-10(8-17(2)15(20)16-9)14-13(19)12(18)11(21-14)6-7-22(3,4)5/h2*9,12-15,18,21-22H,2,5-8,10H2,1,3-4H3,(H,19,23,24);2*10,12-14,16,18,21-22H,2,5-9H2,1,3-4H3,(H,19,23,24);8,10-14,18-19H,1,3,6-7H2,2,4-5H3/p+1/t2*12-,13-,14-,15+;2*12-,13-,14-,16-;10?,11-,12-,13-,14+/m11111/s1. The topological polar surface area (TPSA) is 548 Å². The second-order valence-corrected chi connectivity index (χ2v) is 58.4. The summed E-state index contributed by atoms with van der Waals surface area (Å²) in [4.78, 5) is 117. The predicted molar refractivity (Wildman–Crippen MR) is 508 cm³/mol. The molecule has 0 spiro atoms. The van der Waals surface area contributed by atoms with Gasteiger partial charge in [0.1, 0.15) is 91.0 Å². The fourth-order valence-electron chi connectivity index (χ4n) is 14.5. The van der Waals surface area contributed by atoms with Crippen molar-refractivity contribution in [2.24, 2.45) is 5.92 Å². The fraction of sp³-hybridized carbons (Fsp3) is 0.699. The van der Waals surface area contributed by atoms with Gasteiger partial charge >= 0.3 is 28.8 Å². The minimum Gasteiger partial charge on any atom is -0.388 e. The van der Waals surface area contributed by atoms with Crippen molar-refractivity contribution in [3.8, 4) is 0 Å². The van der Waals surface area contributed by atoms with E-state index in [1.807, 2.05) is 27.7 Å². The summed E-state index contributed by atoms with van der Waals surface area (Å²) in [7, 11) is 1.62. The number of hydrogen-bond donors (Lipinski definition) is 19. The lowest BCUT2D eigenvalue weighted by molar-refractivity contribution is -0.394. The van der Waals surface area contributed by atoms with E-state index in [1.54, 1.807) is 13.3 Å². The van der Waals surface area contributed by atoms with E-state index in [4.69, 9.17) is 23.7 Å². The van der Waals surface area contributed by atoms with Gasteiger partial charge in [-0.15, -0.1) is 65.9 Å². The van der Waals surface area contributed by atoms with E-state index < -0.39 is 202 Å². The molecule has 19 N–H and O–H groups in total. The van der Waals surface area contributed by atoms with Gasteiger partial charge in [0.05, 0.1) is 68.2 Å². The lowest BCUT2D eigenvalue weighted by Gasteiger charge is -2.24. The quantitative estimate of drug-likeness (QED) is 0.0150. The summed E-state index contributed by atoms with van der Waals surface area (Å²) in [6.45, 7) is 30.5. The molecule has 0 bridgehead atoms. The molecule has 5 saturated heterocycles. The van der Waals surface area contributed by atoms with E-state index in [9.17, 15) is 94.2 Å². The Balaban J connectivity index is 0.000000244. The third-order valence-electron chi connectivity index (χ3n) is 21.8. The van der Waals surface area contributed by atoms with Crippen LogP contribution in [0.4, 0.5) is 4.79 Å². The highest BCUT2D eigenvalue weighted by Crippen LogP contribution is 2.45. The monoisotopic (exact) mass is 1880 g/mol. The largest absolute Gasteiger partial charge is 0.495 e. The van der Waals surface area contributed by atoms with Crippen molar-refractivity contribution in [2.75, 3.05) is 131 Å². The van der Waals surface area contributed by atoms with Crippen LogP contribution in [0.5, 0.6) is 0 Å². The van der Waals surface area contributed by atoms with E-state index in [-0.39, 0.29) is 36.4 Å². The molecular formula is C83H146N14O24P5+. The molecule has 10 rings (SSSR count). The van der Waals surface area contributed by atoms with Crippen molar-refractivity contribution in [1.29, 1.82) is 0 Å². The SMILES string of the molecule is C=C1NC(=O)[N+](C)=CC1[C@@H]1O[C@H](CCP(=C)(C)C)[C@@H](O)[C@H]1O.C=P(C)(C)CC[C@H]1O[C@@H](c2cn(CNCCC)c(=O)[nH]c2=O)[C@H](O)[C@@H]1O.C=P(C)(C)CC[C@H]1O[C@@H](c2cn(CNCCC)c(=O)[nH]c2=O)[C@H](O)[C@@H]1O.C=P(C)(C)CC[C@H]1O[C@@H](n2cc(CNCCC)c(=O)[nH]c2=O)[C@H](O)[C@@H]1O.C=P(C)(C)CC[C@H]1O[C@@H](n2cc(CNCCC)c(=O)[nH]c2=O)[C@H](O)[C@@H]1O. The van der Waals surface area contributed by atoms with Gasteiger partial charge in [0.15, 0.2) is 12.5 Å². The van der Waals surface area contributed by atoms with Crippen LogP contribution in [0, 0.1) is 5.92 Å².